The summed E-state index contributed by atoms with van der Waals surface area (Å²) in [7, 11) is 0. The highest BCUT2D eigenvalue weighted by Gasteiger charge is 2.51. The summed E-state index contributed by atoms with van der Waals surface area (Å²) in [6.07, 6.45) is 8.18. The van der Waals surface area contributed by atoms with Gasteiger partial charge in [-0.15, -0.1) is 0 Å². The van der Waals surface area contributed by atoms with Gasteiger partial charge in [-0.25, -0.2) is 4.98 Å². The van der Waals surface area contributed by atoms with Gasteiger partial charge in [-0.05, 0) is 73.8 Å². The first-order chi connectivity index (χ1) is 14.5. The number of ether oxygens (including phenoxy) is 1. The number of esters is 1. The Bertz CT molecular complexity index is 954. The maximum atomic E-state index is 12.6. The normalized spacial score (nSPS) is 29.2. The summed E-state index contributed by atoms with van der Waals surface area (Å²) in [4.78, 5) is 29.1. The summed E-state index contributed by atoms with van der Waals surface area (Å²) >= 11 is 6.21. The highest BCUT2D eigenvalue weighted by molar-refractivity contribution is 6.30. The van der Waals surface area contributed by atoms with Crippen LogP contribution >= 0.6 is 11.6 Å². The van der Waals surface area contributed by atoms with Crippen molar-refractivity contribution in [3.05, 3.63) is 41.0 Å². The molecule has 4 fully saturated rings. The van der Waals surface area contributed by atoms with E-state index in [0.717, 1.165) is 28.7 Å². The van der Waals surface area contributed by atoms with Gasteiger partial charge in [-0.2, -0.15) is 0 Å². The first-order valence-corrected chi connectivity index (χ1v) is 11.3. The number of halogens is 1. The molecule has 4 saturated carbocycles. The zero-order valence-electron chi connectivity index (χ0n) is 17.0. The Labute approximate surface area is 181 Å². The maximum absolute atomic E-state index is 12.6. The first-order valence-electron chi connectivity index (χ1n) is 10.9. The van der Waals surface area contributed by atoms with Gasteiger partial charge in [0, 0.05) is 17.4 Å². The number of nitrogens with one attached hydrogen (secondary N) is 1. The number of aromatic nitrogens is 1. The van der Waals surface area contributed by atoms with Crippen LogP contribution in [0.15, 0.2) is 30.3 Å². The number of benzene rings is 1. The van der Waals surface area contributed by atoms with E-state index in [-0.39, 0.29) is 24.5 Å². The number of hydrogen-bond donors (Lipinski definition) is 1. The molecular formula is C24H27ClN2O3. The van der Waals surface area contributed by atoms with Crippen LogP contribution in [0.4, 0.5) is 0 Å². The van der Waals surface area contributed by atoms with E-state index >= 15 is 0 Å². The van der Waals surface area contributed by atoms with Crippen molar-refractivity contribution in [2.24, 2.45) is 23.2 Å². The number of carbonyl (C=O) groups is 2. The highest BCUT2D eigenvalue weighted by Crippen LogP contribution is 2.61. The molecular weight excluding hydrogens is 400 g/mol. The van der Waals surface area contributed by atoms with E-state index in [1.54, 1.807) is 0 Å². The summed E-state index contributed by atoms with van der Waals surface area (Å²) < 4.78 is 5.32. The smallest absolute Gasteiger partial charge is 0.325 e. The molecule has 2 aromatic rings. The third-order valence-electron chi connectivity index (χ3n) is 7.27. The molecule has 4 aliphatic carbocycles. The quantitative estimate of drug-likeness (QED) is 0.539. The van der Waals surface area contributed by atoms with E-state index in [1.807, 2.05) is 30.3 Å². The van der Waals surface area contributed by atoms with Gasteiger partial charge in [-0.3, -0.25) is 9.59 Å². The second-order valence-electron chi connectivity index (χ2n) is 9.66. The average Bonchev–Trinajstić information content (AvgIpc) is 2.69. The Morgan fingerprint density at radius 1 is 1.10 bits per heavy atom. The lowest BCUT2D eigenvalue weighted by atomic mass is 9.49. The second kappa shape index (κ2) is 7.84. The molecule has 1 amide bonds. The number of hydrogen-bond acceptors (Lipinski definition) is 4. The van der Waals surface area contributed by atoms with Crippen LogP contribution in [-0.2, 0) is 20.9 Å². The Morgan fingerprint density at radius 3 is 2.47 bits per heavy atom. The van der Waals surface area contributed by atoms with Crippen molar-refractivity contribution < 1.29 is 14.3 Å². The van der Waals surface area contributed by atoms with Crippen LogP contribution in [0.5, 0.6) is 0 Å². The molecule has 1 aromatic carbocycles. The summed E-state index contributed by atoms with van der Waals surface area (Å²) in [6, 6.07) is 9.53. The van der Waals surface area contributed by atoms with E-state index in [1.165, 1.54) is 38.5 Å². The Balaban J connectivity index is 1.12. The van der Waals surface area contributed by atoms with Gasteiger partial charge in [0.15, 0.2) is 0 Å². The monoisotopic (exact) mass is 426 g/mol. The first kappa shape index (κ1) is 19.8. The fourth-order valence-corrected chi connectivity index (χ4v) is 6.73. The molecule has 5 nitrogen and oxygen atoms in total. The molecule has 30 heavy (non-hydrogen) atoms. The van der Waals surface area contributed by atoms with Gasteiger partial charge < -0.3 is 10.1 Å². The van der Waals surface area contributed by atoms with Gasteiger partial charge >= 0.3 is 5.97 Å². The van der Waals surface area contributed by atoms with Crippen LogP contribution in [0.3, 0.4) is 0 Å². The molecule has 0 saturated heterocycles. The fraction of sp³-hybridized carbons (Fsp3) is 0.542. The number of nitrogens with zero attached hydrogens (tertiary/aromatic N) is 1. The van der Waals surface area contributed by atoms with Crippen molar-refractivity contribution in [3.63, 3.8) is 0 Å². The number of para-hydroxylation sites is 1. The number of pyridine rings is 1. The topological polar surface area (TPSA) is 68.3 Å². The van der Waals surface area contributed by atoms with Crippen LogP contribution in [0, 0.1) is 23.2 Å². The third-order valence-corrected chi connectivity index (χ3v) is 7.60. The molecule has 0 atom stereocenters. The second-order valence-corrected chi connectivity index (χ2v) is 10.0. The zero-order chi connectivity index (χ0) is 20.7. The van der Waals surface area contributed by atoms with Gasteiger partial charge in [-0.1, -0.05) is 29.8 Å². The molecule has 4 aliphatic rings. The molecule has 1 N–H and O–H groups in total. The lowest BCUT2D eigenvalue weighted by Crippen LogP contribution is -2.48. The third kappa shape index (κ3) is 4.04. The largest absolute Gasteiger partial charge is 0.459 e. The maximum Gasteiger partial charge on any atom is 0.325 e. The Hall–Kier alpha value is -2.14. The van der Waals surface area contributed by atoms with Crippen molar-refractivity contribution in [2.75, 3.05) is 6.54 Å². The van der Waals surface area contributed by atoms with Crippen molar-refractivity contribution in [1.82, 2.24) is 10.3 Å². The standard InChI is InChI=1S/C24H27ClN2O3/c25-23-19(8-18-3-1-2-4-20(18)27-23)14-30-22(29)13-26-21(28)12-24-9-15-5-16(10-24)7-17(6-15)11-24/h1-4,8,15-17H,5-7,9-14H2,(H,26,28). The van der Waals surface area contributed by atoms with Gasteiger partial charge in [0.1, 0.15) is 18.3 Å². The lowest BCUT2D eigenvalue weighted by Gasteiger charge is -2.56. The SMILES string of the molecule is O=C(CC12CC3CC(CC(C3)C1)C2)NCC(=O)OCc1cc2ccccc2nc1Cl. The zero-order valence-corrected chi connectivity index (χ0v) is 17.8. The Kier molecular flexibility index (Phi) is 5.18. The van der Waals surface area contributed by atoms with E-state index in [9.17, 15) is 9.59 Å². The molecule has 1 aromatic heterocycles. The van der Waals surface area contributed by atoms with Gasteiger partial charge in [0.05, 0.1) is 5.52 Å². The molecule has 4 bridgehead atoms. The number of rotatable bonds is 6. The molecule has 6 rings (SSSR count). The van der Waals surface area contributed by atoms with Crippen LogP contribution in [0.25, 0.3) is 10.9 Å². The minimum Gasteiger partial charge on any atom is -0.459 e. The predicted octanol–water partition coefficient (Wildman–Crippen LogP) is 4.65. The van der Waals surface area contributed by atoms with Crippen LogP contribution in [-0.4, -0.2) is 23.4 Å². The van der Waals surface area contributed by atoms with Crippen molar-refractivity contribution in [2.45, 2.75) is 51.6 Å². The van der Waals surface area contributed by atoms with Gasteiger partial charge in [0.25, 0.3) is 0 Å². The van der Waals surface area contributed by atoms with Crippen molar-refractivity contribution in [3.8, 4) is 0 Å². The van der Waals surface area contributed by atoms with Crippen molar-refractivity contribution in [1.29, 1.82) is 0 Å². The van der Waals surface area contributed by atoms with E-state index in [4.69, 9.17) is 16.3 Å². The summed E-state index contributed by atoms with van der Waals surface area (Å²) in [5.74, 6) is 1.95. The minimum absolute atomic E-state index is 0.0284. The molecule has 6 heteroatoms. The number of carbonyl (C=O) groups excluding carboxylic acids is 2. The molecule has 0 aliphatic heterocycles. The number of amides is 1. The molecule has 0 unspecified atom stereocenters. The summed E-state index contributed by atoms with van der Waals surface area (Å²) in [6.45, 7) is -0.0653. The lowest BCUT2D eigenvalue weighted by molar-refractivity contribution is -0.146. The van der Waals surface area contributed by atoms with Crippen LogP contribution < -0.4 is 5.32 Å². The van der Waals surface area contributed by atoms with E-state index in [2.05, 4.69) is 10.3 Å². The molecule has 158 valence electrons. The van der Waals surface area contributed by atoms with Crippen LogP contribution in [0.1, 0.15) is 50.5 Å². The summed E-state index contributed by atoms with van der Waals surface area (Å²) in [5.41, 5.74) is 1.63. The van der Waals surface area contributed by atoms with Crippen molar-refractivity contribution >= 4 is 34.4 Å². The number of fused-ring (bicyclic) bond motifs is 1. The average molecular weight is 427 g/mol. The van der Waals surface area contributed by atoms with Gasteiger partial charge in [0.2, 0.25) is 5.91 Å². The molecule has 0 spiro atoms. The minimum atomic E-state index is -0.460. The summed E-state index contributed by atoms with van der Waals surface area (Å²) in [5, 5.41) is 4.04. The molecule has 0 radical (unpaired) electrons. The van der Waals surface area contributed by atoms with E-state index < -0.39 is 5.97 Å². The predicted molar refractivity (Wildman–Crippen MR) is 115 cm³/mol. The fourth-order valence-electron chi connectivity index (χ4n) is 6.53. The van der Waals surface area contributed by atoms with E-state index in [0.29, 0.717) is 17.1 Å². The van der Waals surface area contributed by atoms with Crippen LogP contribution in [0.2, 0.25) is 5.15 Å². The highest BCUT2D eigenvalue weighted by atomic mass is 35.5. The molecule has 1 heterocycles. The Morgan fingerprint density at radius 2 is 1.77 bits per heavy atom.